The number of hydrogen-bond acceptors (Lipinski definition) is 2. The van der Waals surface area contributed by atoms with E-state index in [1.54, 1.807) is 0 Å². The lowest BCUT2D eigenvalue weighted by molar-refractivity contribution is 0.211. The van der Waals surface area contributed by atoms with Gasteiger partial charge in [0.1, 0.15) is 0 Å². The molecule has 0 aromatic heterocycles. The zero-order valence-electron chi connectivity index (χ0n) is 12.4. The van der Waals surface area contributed by atoms with Gasteiger partial charge in [-0.05, 0) is 45.3 Å². The summed E-state index contributed by atoms with van der Waals surface area (Å²) in [6, 6.07) is 1.28. The third kappa shape index (κ3) is 6.49. The van der Waals surface area contributed by atoms with Crippen LogP contribution in [0.5, 0.6) is 0 Å². The summed E-state index contributed by atoms with van der Waals surface area (Å²) in [5, 5.41) is 3.82. The summed E-state index contributed by atoms with van der Waals surface area (Å²) in [5.41, 5.74) is 0.346. The predicted octanol–water partition coefficient (Wildman–Crippen LogP) is 3.13. The van der Waals surface area contributed by atoms with Crippen LogP contribution >= 0.6 is 0 Å². The fourth-order valence-corrected chi connectivity index (χ4v) is 1.96. The zero-order chi connectivity index (χ0) is 12.8. The van der Waals surface area contributed by atoms with Gasteiger partial charge in [0, 0.05) is 12.1 Å². The van der Waals surface area contributed by atoms with Crippen LogP contribution in [0.15, 0.2) is 0 Å². The Labute approximate surface area is 103 Å². The number of rotatable bonds is 7. The van der Waals surface area contributed by atoms with Crippen molar-refractivity contribution in [3.8, 4) is 0 Å². The monoisotopic (exact) mass is 228 g/mol. The van der Waals surface area contributed by atoms with Gasteiger partial charge in [0.2, 0.25) is 0 Å². The lowest BCUT2D eigenvalue weighted by atomic mass is 9.84. The van der Waals surface area contributed by atoms with Gasteiger partial charge in [-0.2, -0.15) is 0 Å². The predicted molar refractivity (Wildman–Crippen MR) is 73.9 cm³/mol. The molecule has 0 amide bonds. The number of nitrogens with zero attached hydrogens (tertiary/aromatic N) is 1. The topological polar surface area (TPSA) is 15.3 Å². The van der Waals surface area contributed by atoms with Crippen LogP contribution in [0, 0.1) is 5.41 Å². The Bertz CT molecular complexity index is 166. The second-order valence-corrected chi connectivity index (χ2v) is 6.19. The zero-order valence-corrected chi connectivity index (χ0v) is 12.4. The van der Waals surface area contributed by atoms with Gasteiger partial charge < -0.3 is 10.2 Å². The Morgan fingerprint density at radius 3 is 1.88 bits per heavy atom. The fraction of sp³-hybridized carbons (Fsp3) is 1.00. The van der Waals surface area contributed by atoms with Gasteiger partial charge in [-0.1, -0.05) is 34.6 Å². The molecule has 0 aliphatic heterocycles. The molecule has 98 valence electrons. The van der Waals surface area contributed by atoms with E-state index in [0.717, 1.165) is 6.54 Å². The maximum Gasteiger partial charge on any atom is 0.0130 e. The SMILES string of the molecule is CCC(CC)NC(CCN(C)C)C(C)(C)C. The largest absolute Gasteiger partial charge is 0.311 e. The van der Waals surface area contributed by atoms with Crippen molar-refractivity contribution in [2.24, 2.45) is 5.41 Å². The summed E-state index contributed by atoms with van der Waals surface area (Å²) in [6.45, 7) is 12.7. The molecule has 0 aromatic rings. The molecule has 1 unspecified atom stereocenters. The molecule has 1 N–H and O–H groups in total. The molecule has 0 saturated carbocycles. The summed E-state index contributed by atoms with van der Waals surface area (Å²) in [6.07, 6.45) is 3.68. The van der Waals surface area contributed by atoms with Crippen LogP contribution < -0.4 is 5.32 Å². The first-order chi connectivity index (χ1) is 7.31. The van der Waals surface area contributed by atoms with Gasteiger partial charge in [0.15, 0.2) is 0 Å². The number of nitrogens with one attached hydrogen (secondary N) is 1. The molecule has 1 atom stereocenters. The van der Waals surface area contributed by atoms with Crippen molar-refractivity contribution in [1.82, 2.24) is 10.2 Å². The highest BCUT2D eigenvalue weighted by atomic mass is 15.1. The molecule has 0 aliphatic carbocycles. The Morgan fingerprint density at radius 1 is 1.06 bits per heavy atom. The minimum absolute atomic E-state index is 0.346. The van der Waals surface area contributed by atoms with Crippen molar-refractivity contribution >= 4 is 0 Å². The molecule has 0 bridgehead atoms. The van der Waals surface area contributed by atoms with E-state index < -0.39 is 0 Å². The maximum atomic E-state index is 3.82. The first-order valence-electron chi connectivity index (χ1n) is 6.72. The lowest BCUT2D eigenvalue weighted by Crippen LogP contribution is -2.46. The normalized spacial score (nSPS) is 14.8. The van der Waals surface area contributed by atoms with E-state index in [4.69, 9.17) is 0 Å². The average Bonchev–Trinajstić information content (AvgIpc) is 2.16. The van der Waals surface area contributed by atoms with Crippen molar-refractivity contribution in [3.05, 3.63) is 0 Å². The van der Waals surface area contributed by atoms with Crippen LogP contribution in [0.2, 0.25) is 0 Å². The van der Waals surface area contributed by atoms with Crippen LogP contribution in [0.4, 0.5) is 0 Å². The van der Waals surface area contributed by atoms with Crippen LogP contribution in [0.1, 0.15) is 53.9 Å². The van der Waals surface area contributed by atoms with E-state index in [2.05, 4.69) is 58.9 Å². The highest BCUT2D eigenvalue weighted by molar-refractivity contribution is 4.83. The Hall–Kier alpha value is -0.0800. The fourth-order valence-electron chi connectivity index (χ4n) is 1.96. The average molecular weight is 228 g/mol. The minimum atomic E-state index is 0.346. The minimum Gasteiger partial charge on any atom is -0.311 e. The molecule has 2 nitrogen and oxygen atoms in total. The van der Waals surface area contributed by atoms with E-state index in [-0.39, 0.29) is 0 Å². The molecule has 0 saturated heterocycles. The summed E-state index contributed by atoms with van der Waals surface area (Å²) in [4.78, 5) is 2.27. The Morgan fingerprint density at radius 2 is 1.56 bits per heavy atom. The van der Waals surface area contributed by atoms with Crippen LogP contribution in [0.3, 0.4) is 0 Å². The molecule has 0 heterocycles. The van der Waals surface area contributed by atoms with Gasteiger partial charge in [-0.3, -0.25) is 0 Å². The molecular formula is C14H32N2. The molecule has 0 rings (SSSR count). The van der Waals surface area contributed by atoms with Gasteiger partial charge in [0.05, 0.1) is 0 Å². The highest BCUT2D eigenvalue weighted by Crippen LogP contribution is 2.23. The molecule has 0 aromatic carbocycles. The van der Waals surface area contributed by atoms with Crippen LogP contribution in [0.25, 0.3) is 0 Å². The van der Waals surface area contributed by atoms with Crippen molar-refractivity contribution in [2.45, 2.75) is 66.0 Å². The molecule has 0 aliphatic rings. The molecule has 16 heavy (non-hydrogen) atoms. The van der Waals surface area contributed by atoms with Gasteiger partial charge in [0.25, 0.3) is 0 Å². The lowest BCUT2D eigenvalue weighted by Gasteiger charge is -2.35. The smallest absolute Gasteiger partial charge is 0.0130 e. The third-order valence-corrected chi connectivity index (χ3v) is 3.33. The molecule has 2 heteroatoms. The van der Waals surface area contributed by atoms with Crippen molar-refractivity contribution in [2.75, 3.05) is 20.6 Å². The van der Waals surface area contributed by atoms with Crippen molar-refractivity contribution in [3.63, 3.8) is 0 Å². The quantitative estimate of drug-likeness (QED) is 0.720. The molecular weight excluding hydrogens is 196 g/mol. The Balaban J connectivity index is 4.32. The van der Waals surface area contributed by atoms with Crippen molar-refractivity contribution in [1.29, 1.82) is 0 Å². The third-order valence-electron chi connectivity index (χ3n) is 3.33. The van der Waals surface area contributed by atoms with Gasteiger partial charge >= 0.3 is 0 Å². The second-order valence-electron chi connectivity index (χ2n) is 6.19. The van der Waals surface area contributed by atoms with E-state index in [0.29, 0.717) is 17.5 Å². The van der Waals surface area contributed by atoms with Crippen molar-refractivity contribution < 1.29 is 0 Å². The summed E-state index contributed by atoms with van der Waals surface area (Å²) in [7, 11) is 4.30. The molecule has 0 radical (unpaired) electrons. The maximum absolute atomic E-state index is 3.82. The van der Waals surface area contributed by atoms with Gasteiger partial charge in [-0.25, -0.2) is 0 Å². The van der Waals surface area contributed by atoms with E-state index >= 15 is 0 Å². The van der Waals surface area contributed by atoms with Crippen LogP contribution in [-0.2, 0) is 0 Å². The second kappa shape index (κ2) is 7.29. The first kappa shape index (κ1) is 15.9. The first-order valence-corrected chi connectivity index (χ1v) is 6.72. The number of hydrogen-bond donors (Lipinski definition) is 1. The summed E-state index contributed by atoms with van der Waals surface area (Å²) in [5.74, 6) is 0. The molecule has 0 fully saturated rings. The standard InChI is InChI=1S/C14H32N2/c1-8-12(9-2)15-13(14(3,4)5)10-11-16(6)7/h12-13,15H,8-11H2,1-7H3. The van der Waals surface area contributed by atoms with E-state index in [1.807, 2.05) is 0 Å². The summed E-state index contributed by atoms with van der Waals surface area (Å²) >= 11 is 0. The highest BCUT2D eigenvalue weighted by Gasteiger charge is 2.25. The molecule has 0 spiro atoms. The van der Waals surface area contributed by atoms with Gasteiger partial charge in [-0.15, -0.1) is 0 Å². The van der Waals surface area contributed by atoms with E-state index in [9.17, 15) is 0 Å². The van der Waals surface area contributed by atoms with Crippen LogP contribution in [-0.4, -0.2) is 37.6 Å². The Kier molecular flexibility index (Phi) is 7.25. The summed E-state index contributed by atoms with van der Waals surface area (Å²) < 4.78 is 0. The van der Waals surface area contributed by atoms with E-state index in [1.165, 1.54) is 19.3 Å².